The lowest BCUT2D eigenvalue weighted by molar-refractivity contribution is -0.116. The van der Waals surface area contributed by atoms with Gasteiger partial charge in [-0.05, 0) is 49.7 Å². The third kappa shape index (κ3) is 5.32. The maximum Gasteiger partial charge on any atom is 0.254 e. The molecule has 0 saturated carbocycles. The first-order chi connectivity index (χ1) is 14.0. The second kappa shape index (κ2) is 9.52. The van der Waals surface area contributed by atoms with Crippen LogP contribution < -0.4 is 10.6 Å². The molecule has 0 spiro atoms. The summed E-state index contributed by atoms with van der Waals surface area (Å²) >= 11 is 3.36. The van der Waals surface area contributed by atoms with Crippen molar-refractivity contribution in [3.05, 3.63) is 76.0 Å². The van der Waals surface area contributed by atoms with Crippen molar-refractivity contribution in [1.29, 1.82) is 0 Å². The lowest BCUT2D eigenvalue weighted by Crippen LogP contribution is -2.28. The number of nitrogens with zero attached hydrogens (tertiary/aromatic N) is 2. The zero-order chi connectivity index (χ0) is 20.8. The van der Waals surface area contributed by atoms with E-state index in [-0.39, 0.29) is 24.8 Å². The number of amides is 2. The predicted octanol–water partition coefficient (Wildman–Crippen LogP) is 4.26. The van der Waals surface area contributed by atoms with Gasteiger partial charge in [-0.25, -0.2) is 4.68 Å². The molecule has 7 heteroatoms. The average molecular weight is 455 g/mol. The normalized spacial score (nSPS) is 10.6. The van der Waals surface area contributed by atoms with Gasteiger partial charge in [-0.15, -0.1) is 0 Å². The molecule has 0 aliphatic rings. The van der Waals surface area contributed by atoms with Crippen LogP contribution in [0, 0.1) is 6.92 Å². The Morgan fingerprint density at radius 2 is 1.76 bits per heavy atom. The molecule has 0 aliphatic carbocycles. The van der Waals surface area contributed by atoms with Crippen molar-refractivity contribution in [2.24, 2.45) is 0 Å². The van der Waals surface area contributed by atoms with E-state index in [2.05, 4.69) is 31.7 Å². The molecule has 1 aromatic heterocycles. The fourth-order valence-electron chi connectivity index (χ4n) is 2.95. The van der Waals surface area contributed by atoms with E-state index < -0.39 is 0 Å². The summed E-state index contributed by atoms with van der Waals surface area (Å²) in [5.74, 6) is -0.379. The summed E-state index contributed by atoms with van der Waals surface area (Å²) in [6, 6.07) is 15.3. The van der Waals surface area contributed by atoms with Gasteiger partial charge < -0.3 is 10.6 Å². The molecule has 3 aromatic rings. The minimum Gasteiger partial charge on any atom is -0.351 e. The summed E-state index contributed by atoms with van der Waals surface area (Å²) in [6.45, 7) is 4.27. The minimum atomic E-state index is -0.225. The van der Waals surface area contributed by atoms with Crippen molar-refractivity contribution in [2.75, 3.05) is 11.9 Å². The number of rotatable bonds is 7. The van der Waals surface area contributed by atoms with Crippen LogP contribution in [-0.2, 0) is 11.2 Å². The van der Waals surface area contributed by atoms with Gasteiger partial charge in [0, 0.05) is 23.1 Å². The molecule has 2 amide bonds. The second-order valence-electron chi connectivity index (χ2n) is 6.67. The van der Waals surface area contributed by atoms with Crippen molar-refractivity contribution in [3.8, 4) is 5.69 Å². The Labute approximate surface area is 178 Å². The van der Waals surface area contributed by atoms with Crippen LogP contribution in [0.1, 0.15) is 35.0 Å². The second-order valence-corrected chi connectivity index (χ2v) is 7.58. The molecule has 150 valence electrons. The molecule has 0 radical (unpaired) electrons. The van der Waals surface area contributed by atoms with Gasteiger partial charge in [-0.1, -0.05) is 40.5 Å². The summed E-state index contributed by atoms with van der Waals surface area (Å²) in [7, 11) is 0. The molecule has 0 atom stereocenters. The number of benzene rings is 2. The standard InChI is InChI=1S/C22H23BrN4O2/c1-3-20-19(14-25-27(20)18-10-4-15(2)5-11-18)22(29)24-13-12-21(28)26-17-8-6-16(23)7-9-17/h4-11,14H,3,12-13H2,1-2H3,(H,24,29)(H,26,28). The van der Waals surface area contributed by atoms with Crippen LogP contribution >= 0.6 is 15.9 Å². The number of carbonyl (C=O) groups excluding carboxylic acids is 2. The van der Waals surface area contributed by atoms with Crippen LogP contribution in [0.5, 0.6) is 0 Å². The van der Waals surface area contributed by atoms with Gasteiger partial charge in [-0.3, -0.25) is 9.59 Å². The van der Waals surface area contributed by atoms with Gasteiger partial charge in [0.05, 0.1) is 23.1 Å². The largest absolute Gasteiger partial charge is 0.351 e. The van der Waals surface area contributed by atoms with Crippen molar-refractivity contribution in [1.82, 2.24) is 15.1 Å². The molecule has 0 aliphatic heterocycles. The quantitative estimate of drug-likeness (QED) is 0.559. The molecule has 0 fully saturated rings. The van der Waals surface area contributed by atoms with E-state index in [0.717, 1.165) is 21.5 Å². The third-order valence-electron chi connectivity index (χ3n) is 4.49. The first-order valence-corrected chi connectivity index (χ1v) is 10.2. The Morgan fingerprint density at radius 1 is 1.07 bits per heavy atom. The summed E-state index contributed by atoms with van der Waals surface area (Å²) in [5, 5.41) is 10.0. The van der Waals surface area contributed by atoms with Gasteiger partial charge >= 0.3 is 0 Å². The molecular formula is C22H23BrN4O2. The molecule has 0 bridgehead atoms. The highest BCUT2D eigenvalue weighted by molar-refractivity contribution is 9.10. The van der Waals surface area contributed by atoms with Gasteiger partial charge in [0.25, 0.3) is 5.91 Å². The molecule has 2 N–H and O–H groups in total. The zero-order valence-corrected chi connectivity index (χ0v) is 18.0. The highest BCUT2D eigenvalue weighted by Gasteiger charge is 2.17. The van der Waals surface area contributed by atoms with E-state index in [1.165, 1.54) is 5.56 Å². The molecule has 1 heterocycles. The van der Waals surface area contributed by atoms with E-state index in [1.54, 1.807) is 10.9 Å². The van der Waals surface area contributed by atoms with Gasteiger partial charge in [0.1, 0.15) is 0 Å². The number of nitrogens with one attached hydrogen (secondary N) is 2. The maximum atomic E-state index is 12.6. The number of aryl methyl sites for hydroxylation is 1. The van der Waals surface area contributed by atoms with Crippen molar-refractivity contribution in [3.63, 3.8) is 0 Å². The lowest BCUT2D eigenvalue weighted by atomic mass is 10.1. The van der Waals surface area contributed by atoms with E-state index in [1.807, 2.05) is 62.4 Å². The van der Waals surface area contributed by atoms with Crippen LogP contribution in [0.15, 0.2) is 59.2 Å². The highest BCUT2D eigenvalue weighted by atomic mass is 79.9. The van der Waals surface area contributed by atoms with Gasteiger partial charge in [0.15, 0.2) is 0 Å². The van der Waals surface area contributed by atoms with Crippen molar-refractivity contribution < 1.29 is 9.59 Å². The smallest absolute Gasteiger partial charge is 0.254 e. The predicted molar refractivity (Wildman–Crippen MR) is 117 cm³/mol. The summed E-state index contributed by atoms with van der Waals surface area (Å²) in [5.41, 5.74) is 4.17. The number of hydrogen-bond acceptors (Lipinski definition) is 3. The van der Waals surface area contributed by atoms with Gasteiger partial charge in [0.2, 0.25) is 5.91 Å². The molecule has 0 saturated heterocycles. The number of carbonyl (C=O) groups is 2. The van der Waals surface area contributed by atoms with E-state index >= 15 is 0 Å². The van der Waals surface area contributed by atoms with Crippen LogP contribution in [0.2, 0.25) is 0 Å². The molecule has 6 nitrogen and oxygen atoms in total. The SMILES string of the molecule is CCc1c(C(=O)NCCC(=O)Nc2ccc(Br)cc2)cnn1-c1ccc(C)cc1. The van der Waals surface area contributed by atoms with E-state index in [0.29, 0.717) is 12.0 Å². The molecular weight excluding hydrogens is 432 g/mol. The van der Waals surface area contributed by atoms with Crippen LogP contribution in [0.25, 0.3) is 5.69 Å². The summed E-state index contributed by atoms with van der Waals surface area (Å²) in [4.78, 5) is 24.7. The molecule has 29 heavy (non-hydrogen) atoms. The first kappa shape index (κ1) is 20.8. The fourth-order valence-corrected chi connectivity index (χ4v) is 3.22. The van der Waals surface area contributed by atoms with Crippen molar-refractivity contribution in [2.45, 2.75) is 26.7 Å². The number of hydrogen-bond donors (Lipinski definition) is 2. The zero-order valence-electron chi connectivity index (χ0n) is 16.4. The van der Waals surface area contributed by atoms with Crippen molar-refractivity contribution >= 4 is 33.4 Å². The number of anilines is 1. The Kier molecular flexibility index (Phi) is 6.82. The minimum absolute atomic E-state index is 0.154. The Bertz CT molecular complexity index is 995. The van der Waals surface area contributed by atoms with E-state index in [9.17, 15) is 9.59 Å². The summed E-state index contributed by atoms with van der Waals surface area (Å²) < 4.78 is 2.73. The molecule has 2 aromatic carbocycles. The number of aromatic nitrogens is 2. The third-order valence-corrected chi connectivity index (χ3v) is 5.02. The average Bonchev–Trinajstić information content (AvgIpc) is 3.14. The molecule has 3 rings (SSSR count). The van der Waals surface area contributed by atoms with Gasteiger partial charge in [-0.2, -0.15) is 5.10 Å². The van der Waals surface area contributed by atoms with Crippen LogP contribution in [0.4, 0.5) is 5.69 Å². The number of halogens is 1. The Morgan fingerprint density at radius 3 is 2.41 bits per heavy atom. The fraction of sp³-hybridized carbons (Fsp3) is 0.227. The Hall–Kier alpha value is -2.93. The van der Waals surface area contributed by atoms with Crippen LogP contribution in [-0.4, -0.2) is 28.1 Å². The topological polar surface area (TPSA) is 76.0 Å². The Balaban J connectivity index is 1.58. The van der Waals surface area contributed by atoms with Crippen LogP contribution in [0.3, 0.4) is 0 Å². The highest BCUT2D eigenvalue weighted by Crippen LogP contribution is 2.17. The first-order valence-electron chi connectivity index (χ1n) is 9.45. The monoisotopic (exact) mass is 454 g/mol. The maximum absolute atomic E-state index is 12.6. The summed E-state index contributed by atoms with van der Waals surface area (Å²) in [6.07, 6.45) is 2.44. The molecule has 0 unspecified atom stereocenters. The lowest BCUT2D eigenvalue weighted by Gasteiger charge is -2.09. The van der Waals surface area contributed by atoms with E-state index in [4.69, 9.17) is 0 Å².